The maximum absolute atomic E-state index is 12.5. The number of ether oxygens (including phenoxy) is 1. The Morgan fingerprint density at radius 2 is 1.19 bits per heavy atom. The Balaban J connectivity index is 0.000000197. The van der Waals surface area contributed by atoms with Crippen molar-refractivity contribution < 1.29 is 34.1 Å². The highest BCUT2D eigenvalue weighted by Crippen LogP contribution is 2.31. The number of aliphatic carboxylic acids is 1. The Kier molecular flexibility index (Phi) is 9.68. The van der Waals surface area contributed by atoms with Gasteiger partial charge in [-0.15, -0.1) is 0 Å². The third-order valence-electron chi connectivity index (χ3n) is 7.45. The highest BCUT2D eigenvalue weighted by molar-refractivity contribution is 6.04. The van der Waals surface area contributed by atoms with Crippen molar-refractivity contribution in [2.24, 2.45) is 0 Å². The predicted octanol–water partition coefficient (Wildman–Crippen LogP) is 6.78. The van der Waals surface area contributed by atoms with Crippen LogP contribution in [0.5, 0.6) is 0 Å². The molecule has 4 aromatic carbocycles. The Bertz CT molecular complexity index is 1570. The molecule has 220 valence electrons. The molecule has 1 aliphatic heterocycles. The molecule has 2 unspecified atom stereocenters. The van der Waals surface area contributed by atoms with E-state index in [4.69, 9.17) is 9.84 Å². The molecule has 1 saturated heterocycles. The number of cyclic esters (lactones) is 1. The zero-order valence-electron chi connectivity index (χ0n) is 24.2. The minimum atomic E-state index is -1.67. The summed E-state index contributed by atoms with van der Waals surface area (Å²) in [5.41, 5.74) is 2.44. The van der Waals surface area contributed by atoms with E-state index in [1.165, 1.54) is 6.92 Å². The third-order valence-corrected chi connectivity index (χ3v) is 7.45. The molecule has 7 heteroatoms. The predicted molar refractivity (Wildman–Crippen MR) is 164 cm³/mol. The van der Waals surface area contributed by atoms with Crippen LogP contribution in [0.15, 0.2) is 109 Å². The summed E-state index contributed by atoms with van der Waals surface area (Å²) in [5.74, 6) is -1.93. The average Bonchev–Trinajstić information content (AvgIpc) is 3.39. The Morgan fingerprint density at radius 1 is 0.744 bits per heavy atom. The summed E-state index contributed by atoms with van der Waals surface area (Å²) < 4.78 is 5.19. The van der Waals surface area contributed by atoms with Crippen LogP contribution in [0.2, 0.25) is 0 Å². The summed E-state index contributed by atoms with van der Waals surface area (Å²) in [6.07, 6.45) is 0.401. The lowest BCUT2D eigenvalue weighted by Crippen LogP contribution is -2.35. The highest BCUT2D eigenvalue weighted by Gasteiger charge is 2.42. The van der Waals surface area contributed by atoms with Gasteiger partial charge in [-0.2, -0.15) is 0 Å². The van der Waals surface area contributed by atoms with Gasteiger partial charge in [-0.3, -0.25) is 19.2 Å². The van der Waals surface area contributed by atoms with Gasteiger partial charge in [0.1, 0.15) is 5.60 Å². The number of aliphatic hydroxyl groups is 1. The number of carbonyl (C=O) groups is 4. The van der Waals surface area contributed by atoms with Gasteiger partial charge in [0, 0.05) is 30.4 Å². The van der Waals surface area contributed by atoms with Crippen molar-refractivity contribution in [1.29, 1.82) is 0 Å². The number of ketones is 2. The molecule has 0 radical (unpaired) electrons. The number of benzene rings is 4. The van der Waals surface area contributed by atoms with Crippen LogP contribution in [-0.2, 0) is 14.3 Å². The van der Waals surface area contributed by atoms with Gasteiger partial charge in [0.25, 0.3) is 0 Å². The van der Waals surface area contributed by atoms with Gasteiger partial charge in [0.2, 0.25) is 5.78 Å². The van der Waals surface area contributed by atoms with E-state index in [0.717, 1.165) is 22.3 Å². The largest absolute Gasteiger partial charge is 0.481 e. The van der Waals surface area contributed by atoms with Crippen LogP contribution in [0.25, 0.3) is 22.3 Å². The van der Waals surface area contributed by atoms with Gasteiger partial charge in [-0.1, -0.05) is 109 Å². The molecular weight excluding hydrogens is 544 g/mol. The molecule has 43 heavy (non-hydrogen) atoms. The van der Waals surface area contributed by atoms with Crippen molar-refractivity contribution in [3.05, 3.63) is 120 Å². The van der Waals surface area contributed by atoms with E-state index in [-0.39, 0.29) is 24.6 Å². The topological polar surface area (TPSA) is 118 Å². The summed E-state index contributed by atoms with van der Waals surface area (Å²) >= 11 is 0. The average molecular weight is 579 g/mol. The second-order valence-corrected chi connectivity index (χ2v) is 10.9. The number of carbonyl (C=O) groups excluding carboxylic acids is 3. The van der Waals surface area contributed by atoms with Gasteiger partial charge in [0.05, 0.1) is 0 Å². The molecule has 2 atom stereocenters. The maximum Gasteiger partial charge on any atom is 0.306 e. The molecule has 1 aliphatic rings. The number of hydrogen-bond acceptors (Lipinski definition) is 6. The molecule has 0 aliphatic carbocycles. The van der Waals surface area contributed by atoms with E-state index in [0.29, 0.717) is 24.0 Å². The van der Waals surface area contributed by atoms with Crippen molar-refractivity contribution in [2.75, 3.05) is 0 Å². The fourth-order valence-electron chi connectivity index (χ4n) is 4.82. The summed E-state index contributed by atoms with van der Waals surface area (Å²) in [7, 11) is 0. The number of carboxylic acid groups (broad SMARTS) is 1. The monoisotopic (exact) mass is 578 g/mol. The standard InChI is InChI=1S/C18H18O4.C18H16O3/c1-18(22,12-11-16(19)20)17(21)15-9-7-14(8-10-15)13-5-3-2-4-6-13;1-18(12-11-16(19)21-18)17(20)15-9-7-14(8-10-15)13-5-3-2-4-6-13/h2-10,22H,11-12H2,1H3,(H,19,20);2-10H,11-12H2,1H3. The molecule has 0 aromatic heterocycles. The fraction of sp³-hybridized carbons (Fsp3) is 0.222. The van der Waals surface area contributed by atoms with Crippen molar-refractivity contribution in [2.45, 2.75) is 50.7 Å². The van der Waals surface area contributed by atoms with Crippen LogP contribution in [0.1, 0.15) is 60.2 Å². The zero-order valence-corrected chi connectivity index (χ0v) is 24.2. The van der Waals surface area contributed by atoms with Crippen molar-refractivity contribution in [3.8, 4) is 22.3 Å². The Morgan fingerprint density at radius 3 is 1.60 bits per heavy atom. The van der Waals surface area contributed by atoms with Crippen molar-refractivity contribution >= 4 is 23.5 Å². The first-order chi connectivity index (χ1) is 20.5. The molecule has 0 amide bonds. The molecule has 2 N–H and O–H groups in total. The number of rotatable bonds is 9. The SMILES string of the molecule is CC(O)(CCC(=O)O)C(=O)c1ccc(-c2ccccc2)cc1.CC1(C(=O)c2ccc(-c3ccccc3)cc2)CCC(=O)O1. The van der Waals surface area contributed by atoms with Gasteiger partial charge in [-0.25, -0.2) is 0 Å². The fourth-order valence-corrected chi connectivity index (χ4v) is 4.82. The second-order valence-electron chi connectivity index (χ2n) is 10.9. The van der Waals surface area contributed by atoms with Crippen LogP contribution < -0.4 is 0 Å². The first-order valence-electron chi connectivity index (χ1n) is 14.1. The van der Waals surface area contributed by atoms with E-state index >= 15 is 0 Å². The molecule has 1 heterocycles. The van der Waals surface area contributed by atoms with E-state index < -0.39 is 23.0 Å². The summed E-state index contributed by atoms with van der Waals surface area (Å²) in [6.45, 7) is 3.04. The van der Waals surface area contributed by atoms with Gasteiger partial charge in [0.15, 0.2) is 11.4 Å². The molecule has 0 bridgehead atoms. The summed E-state index contributed by atoms with van der Waals surface area (Å²) in [4.78, 5) is 46.6. The van der Waals surface area contributed by atoms with E-state index in [2.05, 4.69) is 0 Å². The van der Waals surface area contributed by atoms with E-state index in [1.54, 1.807) is 31.2 Å². The molecule has 0 saturated carbocycles. The van der Waals surface area contributed by atoms with Crippen molar-refractivity contribution in [1.82, 2.24) is 0 Å². The zero-order chi connectivity index (χ0) is 31.0. The number of hydrogen-bond donors (Lipinski definition) is 2. The summed E-state index contributed by atoms with van der Waals surface area (Å²) in [6, 6.07) is 34.1. The minimum Gasteiger partial charge on any atom is -0.481 e. The minimum absolute atomic E-state index is 0.110. The van der Waals surface area contributed by atoms with Gasteiger partial charge >= 0.3 is 11.9 Å². The maximum atomic E-state index is 12.5. The summed E-state index contributed by atoms with van der Waals surface area (Å²) in [5, 5.41) is 18.8. The molecule has 4 aromatic rings. The van der Waals surface area contributed by atoms with Crippen LogP contribution in [0, 0.1) is 0 Å². The van der Waals surface area contributed by atoms with Gasteiger partial charge < -0.3 is 14.9 Å². The Hall–Kier alpha value is -4.88. The number of Topliss-reactive ketones (excluding diaryl/α,β-unsaturated/α-hetero) is 2. The molecule has 1 fully saturated rings. The molecule has 7 nitrogen and oxygen atoms in total. The lowest BCUT2D eigenvalue weighted by Gasteiger charge is -2.21. The molecule has 5 rings (SSSR count). The van der Waals surface area contributed by atoms with Crippen LogP contribution >= 0.6 is 0 Å². The lowest BCUT2D eigenvalue weighted by atomic mass is 9.89. The number of carboxylic acids is 1. The Labute approximate surface area is 250 Å². The normalized spacial score (nSPS) is 17.1. The first-order valence-corrected chi connectivity index (χ1v) is 14.1. The second kappa shape index (κ2) is 13.4. The third kappa shape index (κ3) is 7.90. The number of esters is 1. The quantitative estimate of drug-likeness (QED) is 0.166. The lowest BCUT2D eigenvalue weighted by molar-refractivity contribution is -0.144. The smallest absolute Gasteiger partial charge is 0.306 e. The molecule has 0 spiro atoms. The van der Waals surface area contributed by atoms with Crippen molar-refractivity contribution in [3.63, 3.8) is 0 Å². The molecular formula is C36H34O7. The van der Waals surface area contributed by atoms with E-state index in [9.17, 15) is 24.3 Å². The highest BCUT2D eigenvalue weighted by atomic mass is 16.6. The van der Waals surface area contributed by atoms with Crippen LogP contribution in [-0.4, -0.2) is 44.9 Å². The van der Waals surface area contributed by atoms with Gasteiger partial charge in [-0.05, 0) is 42.5 Å². The van der Waals surface area contributed by atoms with E-state index in [1.807, 2.05) is 84.9 Å². The first kappa shape index (κ1) is 31.1. The van der Waals surface area contributed by atoms with Crippen LogP contribution in [0.3, 0.4) is 0 Å². The van der Waals surface area contributed by atoms with Crippen LogP contribution in [0.4, 0.5) is 0 Å².